The zero-order chi connectivity index (χ0) is 19.6. The van der Waals surface area contributed by atoms with Crippen molar-refractivity contribution in [3.63, 3.8) is 0 Å². The number of benzene rings is 1. The molecule has 0 radical (unpaired) electrons. The summed E-state index contributed by atoms with van der Waals surface area (Å²) >= 11 is 0. The van der Waals surface area contributed by atoms with Crippen molar-refractivity contribution in [1.82, 2.24) is 9.80 Å². The first kappa shape index (κ1) is 22.5. The summed E-state index contributed by atoms with van der Waals surface area (Å²) in [5.41, 5.74) is 6.49. The van der Waals surface area contributed by atoms with Crippen LogP contribution in [0.4, 0.5) is 0 Å². The van der Waals surface area contributed by atoms with Crippen LogP contribution >= 0.6 is 12.4 Å². The lowest BCUT2D eigenvalue weighted by Crippen LogP contribution is -2.56. The first-order valence-corrected chi connectivity index (χ1v) is 9.53. The van der Waals surface area contributed by atoms with Crippen LogP contribution in [0, 0.1) is 12.3 Å². The van der Waals surface area contributed by atoms with Gasteiger partial charge in [0.05, 0.1) is 17.1 Å². The predicted octanol–water partition coefficient (Wildman–Crippen LogP) is 1.20. The molecular formula is C20H30ClN3O4. The van der Waals surface area contributed by atoms with Gasteiger partial charge in [-0.15, -0.1) is 12.4 Å². The van der Waals surface area contributed by atoms with E-state index in [-0.39, 0.29) is 24.2 Å². The lowest BCUT2D eigenvalue weighted by Gasteiger charge is -2.47. The van der Waals surface area contributed by atoms with Crippen molar-refractivity contribution in [1.29, 1.82) is 0 Å². The van der Waals surface area contributed by atoms with Crippen LogP contribution in [0.15, 0.2) is 18.2 Å². The van der Waals surface area contributed by atoms with Crippen LogP contribution in [0.1, 0.15) is 35.2 Å². The van der Waals surface area contributed by atoms with Crippen molar-refractivity contribution >= 4 is 24.2 Å². The molecule has 1 atom stereocenters. The van der Waals surface area contributed by atoms with Gasteiger partial charge in [-0.2, -0.15) is 0 Å². The molecule has 156 valence electrons. The number of carbonyl (C=O) groups excluding carboxylic acids is 2. The van der Waals surface area contributed by atoms with Crippen molar-refractivity contribution in [3.05, 3.63) is 29.3 Å². The van der Waals surface area contributed by atoms with Gasteiger partial charge in [-0.3, -0.25) is 9.59 Å². The zero-order valence-electron chi connectivity index (χ0n) is 16.5. The zero-order valence-corrected chi connectivity index (χ0v) is 17.3. The maximum Gasteiger partial charge on any atom is 0.257 e. The first-order valence-electron chi connectivity index (χ1n) is 9.53. The number of amides is 2. The highest BCUT2D eigenvalue weighted by Gasteiger charge is 2.48. The number of piperidine rings is 2. The van der Waals surface area contributed by atoms with Gasteiger partial charge in [0.2, 0.25) is 5.91 Å². The predicted molar refractivity (Wildman–Crippen MR) is 109 cm³/mol. The molecule has 2 amide bonds. The van der Waals surface area contributed by atoms with Crippen LogP contribution in [0.3, 0.4) is 0 Å². The topological polar surface area (TPSA) is 96.1 Å². The Morgan fingerprint density at radius 1 is 1.36 bits per heavy atom. The van der Waals surface area contributed by atoms with Crippen molar-refractivity contribution in [2.24, 2.45) is 11.1 Å². The van der Waals surface area contributed by atoms with Gasteiger partial charge >= 0.3 is 0 Å². The van der Waals surface area contributed by atoms with Gasteiger partial charge in [0.15, 0.2) is 0 Å². The maximum atomic E-state index is 13.1. The second-order valence-electron chi connectivity index (χ2n) is 7.75. The molecule has 0 aromatic heterocycles. The number of aliphatic hydroxyl groups is 1. The van der Waals surface area contributed by atoms with E-state index >= 15 is 0 Å². The summed E-state index contributed by atoms with van der Waals surface area (Å²) in [6, 6.07) is 5.55. The number of hydrogen-bond acceptors (Lipinski definition) is 5. The second kappa shape index (κ2) is 9.11. The monoisotopic (exact) mass is 411 g/mol. The van der Waals surface area contributed by atoms with Gasteiger partial charge in [0.1, 0.15) is 12.4 Å². The van der Waals surface area contributed by atoms with E-state index in [9.17, 15) is 14.7 Å². The summed E-state index contributed by atoms with van der Waals surface area (Å²) in [4.78, 5) is 29.2. The Kier molecular flexibility index (Phi) is 7.31. The number of halogens is 1. The van der Waals surface area contributed by atoms with Gasteiger partial charge in [0.25, 0.3) is 5.91 Å². The number of nitrogens with zero attached hydrogens (tertiary/aromatic N) is 2. The molecule has 0 saturated carbocycles. The number of aryl methyl sites for hydroxylation is 1. The lowest BCUT2D eigenvalue weighted by molar-refractivity contribution is -0.154. The molecule has 0 aliphatic carbocycles. The summed E-state index contributed by atoms with van der Waals surface area (Å²) < 4.78 is 5.64. The smallest absolute Gasteiger partial charge is 0.257 e. The third-order valence-corrected chi connectivity index (χ3v) is 5.66. The van der Waals surface area contributed by atoms with Gasteiger partial charge in [0, 0.05) is 33.2 Å². The molecule has 2 fully saturated rings. The Morgan fingerprint density at radius 2 is 2.04 bits per heavy atom. The molecule has 3 N–H and O–H groups in total. The normalized spacial score (nSPS) is 21.4. The number of nitrogens with two attached hydrogens (primary N) is 1. The van der Waals surface area contributed by atoms with Gasteiger partial charge in [-0.25, -0.2) is 0 Å². The van der Waals surface area contributed by atoms with Gasteiger partial charge in [-0.05, 0) is 38.3 Å². The molecular weight excluding hydrogens is 382 g/mol. The quantitative estimate of drug-likeness (QED) is 0.776. The van der Waals surface area contributed by atoms with E-state index in [2.05, 4.69) is 0 Å². The Balaban J connectivity index is 0.00000280. The van der Waals surface area contributed by atoms with E-state index in [1.807, 2.05) is 19.1 Å². The van der Waals surface area contributed by atoms with E-state index in [1.54, 1.807) is 22.9 Å². The fourth-order valence-electron chi connectivity index (χ4n) is 4.24. The van der Waals surface area contributed by atoms with Crippen molar-refractivity contribution in [2.45, 2.75) is 32.3 Å². The molecule has 28 heavy (non-hydrogen) atoms. The number of aliphatic hydroxyl groups excluding tert-OH is 1. The molecule has 8 heteroatoms. The summed E-state index contributed by atoms with van der Waals surface area (Å²) in [6.07, 6.45) is 1.13. The fourth-order valence-corrected chi connectivity index (χ4v) is 4.24. The first-order chi connectivity index (χ1) is 12.9. The molecule has 3 rings (SSSR count). The largest absolute Gasteiger partial charge is 0.491 e. The highest BCUT2D eigenvalue weighted by molar-refractivity contribution is 5.97. The van der Waals surface area contributed by atoms with Crippen molar-refractivity contribution < 1.29 is 19.4 Å². The van der Waals surface area contributed by atoms with E-state index in [1.165, 1.54) is 0 Å². The average Bonchev–Trinajstić information content (AvgIpc) is 2.65. The molecule has 1 spiro atoms. The number of ether oxygens (including phenoxy) is 1. The fraction of sp³-hybridized carbons (Fsp3) is 0.600. The number of β-amino-alcohol motifs (C(OH)–C–C–N with tert-alkyl or cyclic N) is 1. The molecule has 0 bridgehead atoms. The molecule has 7 nitrogen and oxygen atoms in total. The molecule has 2 aliphatic rings. The number of hydrogen-bond donors (Lipinski definition) is 2. The molecule has 2 saturated heterocycles. The number of rotatable bonds is 4. The molecule has 2 heterocycles. The van der Waals surface area contributed by atoms with E-state index in [0.29, 0.717) is 63.4 Å². The van der Waals surface area contributed by atoms with Gasteiger partial charge in [-0.1, -0.05) is 11.6 Å². The van der Waals surface area contributed by atoms with Crippen molar-refractivity contribution in [2.75, 3.05) is 39.8 Å². The highest BCUT2D eigenvalue weighted by atomic mass is 35.5. The number of carbonyl (C=O) groups is 2. The minimum absolute atomic E-state index is 0. The lowest BCUT2D eigenvalue weighted by atomic mass is 9.71. The Labute approximate surface area is 172 Å². The number of likely N-dealkylation sites (N-methyl/N-ethyl adjacent to an activating group) is 1. The van der Waals surface area contributed by atoms with Crippen LogP contribution < -0.4 is 10.5 Å². The Hall–Kier alpha value is -1.83. The summed E-state index contributed by atoms with van der Waals surface area (Å²) in [6.45, 7) is 4.04. The third-order valence-electron chi connectivity index (χ3n) is 5.66. The van der Waals surface area contributed by atoms with Crippen LogP contribution in [0.5, 0.6) is 5.75 Å². The minimum atomic E-state index is -0.547. The van der Waals surface area contributed by atoms with E-state index in [4.69, 9.17) is 10.5 Å². The average molecular weight is 412 g/mol. The van der Waals surface area contributed by atoms with Crippen molar-refractivity contribution in [3.8, 4) is 5.75 Å². The molecule has 2 aliphatic heterocycles. The van der Waals surface area contributed by atoms with Crippen LogP contribution in [0.25, 0.3) is 0 Å². The minimum Gasteiger partial charge on any atom is -0.491 e. The number of likely N-dealkylation sites (tertiary alicyclic amines) is 2. The Morgan fingerprint density at radius 3 is 2.68 bits per heavy atom. The molecule has 1 aromatic rings. The molecule has 1 aromatic carbocycles. The summed E-state index contributed by atoms with van der Waals surface area (Å²) in [7, 11) is 1.73. The standard InChI is InChI=1S/C20H29N3O4.ClH/c1-14-3-4-17(27-10-7-21)16(11-14)18(25)23-8-5-20(6-9-23)12-15(24)13-22(2)19(20)26;/h3-4,11,15,24H,5-10,12-13,21H2,1-2H3;1H. The Bertz CT molecular complexity index is 719. The molecule has 1 unspecified atom stereocenters. The second-order valence-corrected chi connectivity index (χ2v) is 7.75. The summed E-state index contributed by atoms with van der Waals surface area (Å²) in [5.74, 6) is 0.542. The van der Waals surface area contributed by atoms with Crippen LogP contribution in [0.2, 0.25) is 0 Å². The highest BCUT2D eigenvalue weighted by Crippen LogP contribution is 2.41. The van der Waals surface area contributed by atoms with Gasteiger partial charge < -0.3 is 25.4 Å². The SMILES string of the molecule is Cc1ccc(OCCN)c(C(=O)N2CCC3(CC2)CC(O)CN(C)C3=O)c1.Cl. The van der Waals surface area contributed by atoms with E-state index in [0.717, 1.165) is 5.56 Å². The summed E-state index contributed by atoms with van der Waals surface area (Å²) in [5, 5.41) is 10.1. The maximum absolute atomic E-state index is 13.1. The van der Waals surface area contributed by atoms with Crippen LogP contribution in [-0.2, 0) is 4.79 Å². The van der Waals surface area contributed by atoms with Crippen LogP contribution in [-0.4, -0.2) is 72.7 Å². The third kappa shape index (κ3) is 4.42. The van der Waals surface area contributed by atoms with E-state index < -0.39 is 11.5 Å².